The average Bonchev–Trinajstić information content (AvgIpc) is 2.53. The van der Waals surface area contributed by atoms with E-state index in [0.29, 0.717) is 5.92 Å². The Labute approximate surface area is 119 Å². The third-order valence-electron chi connectivity index (χ3n) is 4.31. The van der Waals surface area contributed by atoms with E-state index in [1.54, 1.807) is 0 Å². The molecule has 0 bridgehead atoms. The van der Waals surface area contributed by atoms with Crippen molar-refractivity contribution in [1.29, 1.82) is 0 Å². The molecule has 0 N–H and O–H groups in total. The Kier molecular flexibility index (Phi) is 2.77. The van der Waals surface area contributed by atoms with Gasteiger partial charge in [0.2, 0.25) is 0 Å². The van der Waals surface area contributed by atoms with E-state index in [1.165, 1.54) is 35.0 Å². The number of hydrogen-bond acceptors (Lipinski definition) is 1. The summed E-state index contributed by atoms with van der Waals surface area (Å²) in [6, 6.07) is 21.6. The van der Waals surface area contributed by atoms with Gasteiger partial charge in [-0.25, -0.2) is 0 Å². The molecule has 0 fully saturated rings. The van der Waals surface area contributed by atoms with Crippen molar-refractivity contribution >= 4 is 10.9 Å². The topological polar surface area (TPSA) is 12.9 Å². The van der Waals surface area contributed by atoms with Gasteiger partial charge in [0, 0.05) is 11.3 Å². The molecule has 0 aliphatic heterocycles. The molecule has 98 valence electrons. The molecule has 1 nitrogen and oxygen atoms in total. The number of rotatable bonds is 1. The predicted molar refractivity (Wildman–Crippen MR) is 83.0 cm³/mol. The number of nitrogens with zero attached hydrogens (tertiary/aromatic N) is 1. The minimum atomic E-state index is 0.463. The number of aryl methyl sites for hydroxylation is 1. The van der Waals surface area contributed by atoms with Gasteiger partial charge in [0.15, 0.2) is 0 Å². The van der Waals surface area contributed by atoms with E-state index < -0.39 is 0 Å². The number of para-hydroxylation sites is 1. The van der Waals surface area contributed by atoms with Crippen molar-refractivity contribution in [3.8, 4) is 0 Å². The largest absolute Gasteiger partial charge is 0.252 e. The van der Waals surface area contributed by atoms with Gasteiger partial charge in [-0.15, -0.1) is 0 Å². The first-order valence-electron chi connectivity index (χ1n) is 7.35. The maximum absolute atomic E-state index is 4.97. The van der Waals surface area contributed by atoms with Crippen LogP contribution in [-0.2, 0) is 6.42 Å². The van der Waals surface area contributed by atoms with Crippen molar-refractivity contribution in [3.05, 3.63) is 77.5 Å². The van der Waals surface area contributed by atoms with Crippen LogP contribution in [0.2, 0.25) is 0 Å². The van der Waals surface area contributed by atoms with Crippen LogP contribution in [0.15, 0.2) is 60.7 Å². The Morgan fingerprint density at radius 3 is 2.60 bits per heavy atom. The Bertz CT molecular complexity index is 746. The standard InChI is InChI=1S/C19H17N/c1-2-7-14(8-3-1)17-11-6-10-16-13-15-9-4-5-12-18(15)20-19(16)17/h1-5,7-9,12-13,17H,6,10-11H2. The highest BCUT2D eigenvalue weighted by Gasteiger charge is 2.23. The van der Waals surface area contributed by atoms with E-state index in [0.717, 1.165) is 11.9 Å². The molecule has 0 radical (unpaired) electrons. The van der Waals surface area contributed by atoms with Crippen LogP contribution in [-0.4, -0.2) is 4.98 Å². The monoisotopic (exact) mass is 259 g/mol. The quantitative estimate of drug-likeness (QED) is 0.617. The fourth-order valence-electron chi connectivity index (χ4n) is 3.32. The molecule has 1 unspecified atom stereocenters. The molecule has 3 aromatic rings. The molecule has 1 atom stereocenters. The fraction of sp³-hybridized carbons (Fsp3) is 0.211. The van der Waals surface area contributed by atoms with Crippen LogP contribution in [0.4, 0.5) is 0 Å². The van der Waals surface area contributed by atoms with Crippen molar-refractivity contribution in [2.75, 3.05) is 0 Å². The van der Waals surface area contributed by atoms with Gasteiger partial charge in [-0.2, -0.15) is 0 Å². The van der Waals surface area contributed by atoms with Crippen LogP contribution in [0.5, 0.6) is 0 Å². The zero-order valence-corrected chi connectivity index (χ0v) is 11.4. The molecule has 20 heavy (non-hydrogen) atoms. The summed E-state index contributed by atoms with van der Waals surface area (Å²) in [6.45, 7) is 0. The molecule has 0 saturated heterocycles. The van der Waals surface area contributed by atoms with Crippen molar-refractivity contribution in [2.24, 2.45) is 0 Å². The highest BCUT2D eigenvalue weighted by Crippen LogP contribution is 2.36. The number of aromatic nitrogens is 1. The lowest BCUT2D eigenvalue weighted by atomic mass is 9.82. The van der Waals surface area contributed by atoms with E-state index >= 15 is 0 Å². The van der Waals surface area contributed by atoms with E-state index in [2.05, 4.69) is 60.7 Å². The highest BCUT2D eigenvalue weighted by atomic mass is 14.7. The van der Waals surface area contributed by atoms with Crippen LogP contribution in [0, 0.1) is 0 Å². The van der Waals surface area contributed by atoms with E-state index in [1.807, 2.05) is 0 Å². The lowest BCUT2D eigenvalue weighted by Crippen LogP contribution is -2.13. The van der Waals surface area contributed by atoms with Gasteiger partial charge in [0.1, 0.15) is 0 Å². The van der Waals surface area contributed by atoms with Crippen molar-refractivity contribution in [1.82, 2.24) is 4.98 Å². The minimum absolute atomic E-state index is 0.463. The van der Waals surface area contributed by atoms with Crippen LogP contribution in [0.1, 0.15) is 35.6 Å². The second kappa shape index (κ2) is 4.75. The van der Waals surface area contributed by atoms with Gasteiger partial charge in [-0.05, 0) is 42.5 Å². The molecule has 2 aromatic carbocycles. The summed E-state index contributed by atoms with van der Waals surface area (Å²) in [4.78, 5) is 4.97. The van der Waals surface area contributed by atoms with Gasteiger partial charge in [0.25, 0.3) is 0 Å². The van der Waals surface area contributed by atoms with Gasteiger partial charge in [0.05, 0.1) is 11.2 Å². The number of hydrogen-bond donors (Lipinski definition) is 0. The first-order chi connectivity index (χ1) is 9.92. The summed E-state index contributed by atoms with van der Waals surface area (Å²) in [7, 11) is 0. The first-order valence-corrected chi connectivity index (χ1v) is 7.35. The van der Waals surface area contributed by atoms with E-state index in [4.69, 9.17) is 4.98 Å². The molecule has 1 heteroatoms. The maximum Gasteiger partial charge on any atom is 0.0705 e. The van der Waals surface area contributed by atoms with Crippen LogP contribution >= 0.6 is 0 Å². The predicted octanol–water partition coefficient (Wildman–Crippen LogP) is 4.70. The SMILES string of the molecule is c1ccc(C2CCCc3cc4ccccc4nc32)cc1. The summed E-state index contributed by atoms with van der Waals surface area (Å²) in [5, 5.41) is 1.26. The number of benzene rings is 2. The second-order valence-electron chi connectivity index (χ2n) is 5.58. The van der Waals surface area contributed by atoms with Crippen molar-refractivity contribution in [2.45, 2.75) is 25.2 Å². The fourth-order valence-corrected chi connectivity index (χ4v) is 3.32. The van der Waals surface area contributed by atoms with Crippen molar-refractivity contribution in [3.63, 3.8) is 0 Å². The molecule has 0 saturated carbocycles. The zero-order chi connectivity index (χ0) is 13.4. The molecule has 0 amide bonds. The molecule has 1 aromatic heterocycles. The third-order valence-corrected chi connectivity index (χ3v) is 4.31. The molecule has 4 rings (SSSR count). The Hall–Kier alpha value is -2.15. The average molecular weight is 259 g/mol. The van der Waals surface area contributed by atoms with E-state index in [9.17, 15) is 0 Å². The summed E-state index contributed by atoms with van der Waals surface area (Å²) < 4.78 is 0. The number of fused-ring (bicyclic) bond motifs is 2. The Balaban J connectivity index is 1.90. The van der Waals surface area contributed by atoms with Crippen LogP contribution in [0.25, 0.3) is 10.9 Å². The lowest BCUT2D eigenvalue weighted by molar-refractivity contribution is 0.601. The minimum Gasteiger partial charge on any atom is -0.252 e. The molecular weight excluding hydrogens is 242 g/mol. The number of pyridine rings is 1. The maximum atomic E-state index is 4.97. The van der Waals surface area contributed by atoms with Gasteiger partial charge in [-0.1, -0.05) is 48.5 Å². The highest BCUT2D eigenvalue weighted by molar-refractivity contribution is 5.79. The van der Waals surface area contributed by atoms with Crippen LogP contribution in [0.3, 0.4) is 0 Å². The molecular formula is C19H17N. The van der Waals surface area contributed by atoms with Crippen LogP contribution < -0.4 is 0 Å². The zero-order valence-electron chi connectivity index (χ0n) is 11.4. The lowest BCUT2D eigenvalue weighted by Gasteiger charge is -2.25. The first kappa shape index (κ1) is 11.7. The molecule has 0 spiro atoms. The molecule has 1 aliphatic carbocycles. The van der Waals surface area contributed by atoms with Crippen molar-refractivity contribution < 1.29 is 0 Å². The smallest absolute Gasteiger partial charge is 0.0705 e. The van der Waals surface area contributed by atoms with Gasteiger partial charge >= 0.3 is 0 Å². The summed E-state index contributed by atoms with van der Waals surface area (Å²) in [5.74, 6) is 0.463. The summed E-state index contributed by atoms with van der Waals surface area (Å²) >= 11 is 0. The normalized spacial score (nSPS) is 17.9. The second-order valence-corrected chi connectivity index (χ2v) is 5.58. The third kappa shape index (κ3) is 1.90. The Morgan fingerprint density at radius 1 is 0.900 bits per heavy atom. The Morgan fingerprint density at radius 2 is 1.70 bits per heavy atom. The van der Waals surface area contributed by atoms with E-state index in [-0.39, 0.29) is 0 Å². The molecule has 1 heterocycles. The summed E-state index contributed by atoms with van der Waals surface area (Å²) in [6.07, 6.45) is 3.63. The summed E-state index contributed by atoms with van der Waals surface area (Å²) in [5.41, 5.74) is 5.25. The molecule has 1 aliphatic rings. The van der Waals surface area contributed by atoms with Gasteiger partial charge < -0.3 is 0 Å². The van der Waals surface area contributed by atoms with Gasteiger partial charge in [-0.3, -0.25) is 4.98 Å².